The van der Waals surface area contributed by atoms with Crippen LogP contribution in [0.5, 0.6) is 0 Å². The van der Waals surface area contributed by atoms with Crippen molar-refractivity contribution in [2.75, 3.05) is 0 Å². The molecule has 1 rings (SSSR count). The van der Waals surface area contributed by atoms with Gasteiger partial charge in [0.25, 0.3) is 0 Å². The first-order valence-electron chi connectivity index (χ1n) is 4.11. The highest BCUT2D eigenvalue weighted by atomic mass is 16.5. The van der Waals surface area contributed by atoms with Gasteiger partial charge in [-0.2, -0.15) is 0 Å². The molecule has 76 valence electrons. The highest BCUT2D eigenvalue weighted by Gasteiger charge is 2.36. The molecule has 14 heavy (non-hydrogen) atoms. The molecule has 1 atom stereocenters. The van der Waals surface area contributed by atoms with Crippen LogP contribution < -0.4 is 5.73 Å². The number of nitrogens with zero attached hydrogens (tertiary/aromatic N) is 1. The number of carbonyl (C=O) groups is 1. The molecule has 1 amide bonds. The van der Waals surface area contributed by atoms with E-state index in [-0.39, 0.29) is 5.56 Å². The van der Waals surface area contributed by atoms with Crippen LogP contribution in [-0.2, 0) is 10.6 Å². The van der Waals surface area contributed by atoms with Crippen molar-refractivity contribution in [3.05, 3.63) is 30.1 Å². The van der Waals surface area contributed by atoms with Crippen LogP contribution in [-0.4, -0.2) is 21.1 Å². The molecule has 0 bridgehead atoms. The molecular weight excluding hydrogens is 184 g/mol. The van der Waals surface area contributed by atoms with E-state index in [1.807, 2.05) is 0 Å². The molecule has 0 aromatic carbocycles. The predicted molar refractivity (Wildman–Crippen MR) is 48.7 cm³/mol. The van der Waals surface area contributed by atoms with Gasteiger partial charge in [-0.25, -0.2) is 0 Å². The van der Waals surface area contributed by atoms with E-state index >= 15 is 0 Å². The third kappa shape index (κ3) is 1.89. The van der Waals surface area contributed by atoms with Crippen molar-refractivity contribution in [1.29, 1.82) is 0 Å². The van der Waals surface area contributed by atoms with Crippen LogP contribution in [0.3, 0.4) is 0 Å². The number of hydrogen-bond acceptors (Lipinski definition) is 4. The average Bonchev–Trinajstić information content (AvgIpc) is 2.18. The Hall–Kier alpha value is -1.46. The molecule has 5 heteroatoms. The smallest absolute Gasteiger partial charge is 0.226 e. The fourth-order valence-corrected chi connectivity index (χ4v) is 1.03. The third-order valence-electron chi connectivity index (χ3n) is 2.12. The van der Waals surface area contributed by atoms with Crippen molar-refractivity contribution in [3.8, 4) is 0 Å². The zero-order valence-electron chi connectivity index (χ0n) is 7.71. The van der Waals surface area contributed by atoms with E-state index < -0.39 is 17.6 Å². The lowest BCUT2D eigenvalue weighted by molar-refractivity contribution is -0.205. The first kappa shape index (κ1) is 10.6. The molecule has 0 spiro atoms. The van der Waals surface area contributed by atoms with Crippen molar-refractivity contribution >= 4 is 5.91 Å². The molecule has 1 unspecified atom stereocenters. The molecule has 0 aliphatic rings. The standard InChI is InChI=1S/C9H12N2O3/c1-6(8(10)12)9(13,14)7-3-2-4-11-5-7/h2-6,13-14H,1H3,(H2,10,12). The molecule has 1 aromatic heterocycles. The van der Waals surface area contributed by atoms with E-state index in [2.05, 4.69) is 4.98 Å². The average molecular weight is 196 g/mol. The summed E-state index contributed by atoms with van der Waals surface area (Å²) in [6, 6.07) is 3.01. The van der Waals surface area contributed by atoms with E-state index in [9.17, 15) is 15.0 Å². The number of primary amides is 1. The normalized spacial score (nSPS) is 13.6. The van der Waals surface area contributed by atoms with Crippen molar-refractivity contribution < 1.29 is 15.0 Å². The topological polar surface area (TPSA) is 96.4 Å². The lowest BCUT2D eigenvalue weighted by atomic mass is 9.94. The van der Waals surface area contributed by atoms with E-state index in [0.29, 0.717) is 0 Å². The summed E-state index contributed by atoms with van der Waals surface area (Å²) in [7, 11) is 0. The van der Waals surface area contributed by atoms with Crippen molar-refractivity contribution in [1.82, 2.24) is 4.98 Å². The second-order valence-corrected chi connectivity index (χ2v) is 3.09. The van der Waals surface area contributed by atoms with Crippen LogP contribution in [0.4, 0.5) is 0 Å². The number of amides is 1. The fourth-order valence-electron chi connectivity index (χ4n) is 1.03. The Morgan fingerprint density at radius 1 is 1.64 bits per heavy atom. The summed E-state index contributed by atoms with van der Waals surface area (Å²) in [5.74, 6) is -4.13. The lowest BCUT2D eigenvalue weighted by Crippen LogP contribution is -2.41. The monoisotopic (exact) mass is 196 g/mol. The molecule has 0 saturated carbocycles. The summed E-state index contributed by atoms with van der Waals surface area (Å²) < 4.78 is 0. The Bertz CT molecular complexity index is 324. The molecule has 0 saturated heterocycles. The highest BCUT2D eigenvalue weighted by Crippen LogP contribution is 2.25. The first-order valence-corrected chi connectivity index (χ1v) is 4.11. The van der Waals surface area contributed by atoms with E-state index in [0.717, 1.165) is 0 Å². The Kier molecular flexibility index (Phi) is 2.83. The number of carbonyl (C=O) groups excluding carboxylic acids is 1. The van der Waals surface area contributed by atoms with Gasteiger partial charge in [0, 0.05) is 18.0 Å². The van der Waals surface area contributed by atoms with Gasteiger partial charge in [0.2, 0.25) is 11.7 Å². The Balaban J connectivity index is 3.02. The molecule has 0 aliphatic heterocycles. The maximum Gasteiger partial charge on any atom is 0.226 e. The SMILES string of the molecule is CC(C(N)=O)C(O)(O)c1cccnc1. The summed E-state index contributed by atoms with van der Waals surface area (Å²) in [5.41, 5.74) is 5.12. The van der Waals surface area contributed by atoms with Gasteiger partial charge in [-0.15, -0.1) is 0 Å². The second-order valence-electron chi connectivity index (χ2n) is 3.09. The Morgan fingerprint density at radius 3 is 2.71 bits per heavy atom. The number of aliphatic hydroxyl groups is 2. The van der Waals surface area contributed by atoms with Crippen LogP contribution in [0.25, 0.3) is 0 Å². The minimum Gasteiger partial charge on any atom is -0.369 e. The van der Waals surface area contributed by atoms with Crippen LogP contribution >= 0.6 is 0 Å². The fraction of sp³-hybridized carbons (Fsp3) is 0.333. The minimum absolute atomic E-state index is 0.145. The third-order valence-corrected chi connectivity index (χ3v) is 2.12. The zero-order valence-corrected chi connectivity index (χ0v) is 7.71. The maximum atomic E-state index is 10.8. The van der Waals surface area contributed by atoms with Gasteiger partial charge in [-0.1, -0.05) is 6.07 Å². The van der Waals surface area contributed by atoms with Gasteiger partial charge in [0.1, 0.15) is 0 Å². The van der Waals surface area contributed by atoms with Gasteiger partial charge in [0.15, 0.2) is 0 Å². The van der Waals surface area contributed by atoms with E-state index in [1.165, 1.54) is 25.4 Å². The molecule has 1 aromatic rings. The van der Waals surface area contributed by atoms with Crippen molar-refractivity contribution in [2.24, 2.45) is 11.7 Å². The molecule has 1 heterocycles. The molecular formula is C9H12N2O3. The lowest BCUT2D eigenvalue weighted by Gasteiger charge is -2.26. The number of nitrogens with two attached hydrogens (primary N) is 1. The van der Waals surface area contributed by atoms with Gasteiger partial charge in [-0.05, 0) is 13.0 Å². The van der Waals surface area contributed by atoms with Gasteiger partial charge in [-0.3, -0.25) is 9.78 Å². The summed E-state index contributed by atoms with van der Waals surface area (Å²) in [6.45, 7) is 1.34. The minimum atomic E-state index is -2.26. The molecule has 0 fully saturated rings. The van der Waals surface area contributed by atoms with E-state index in [4.69, 9.17) is 5.73 Å². The zero-order chi connectivity index (χ0) is 10.8. The Morgan fingerprint density at radius 2 is 2.29 bits per heavy atom. The summed E-state index contributed by atoms with van der Waals surface area (Å²) in [5, 5.41) is 19.3. The van der Waals surface area contributed by atoms with Crippen LogP contribution in [0.2, 0.25) is 0 Å². The van der Waals surface area contributed by atoms with Gasteiger partial charge >= 0.3 is 0 Å². The second kappa shape index (κ2) is 3.73. The van der Waals surface area contributed by atoms with Crippen LogP contribution in [0.15, 0.2) is 24.5 Å². The number of hydrogen-bond donors (Lipinski definition) is 3. The van der Waals surface area contributed by atoms with Crippen LogP contribution in [0, 0.1) is 5.92 Å². The number of aromatic nitrogens is 1. The number of pyridine rings is 1. The Labute approximate surface area is 81.2 Å². The van der Waals surface area contributed by atoms with Crippen molar-refractivity contribution in [3.63, 3.8) is 0 Å². The molecule has 4 N–H and O–H groups in total. The quantitative estimate of drug-likeness (QED) is 0.559. The first-order chi connectivity index (χ1) is 6.46. The largest absolute Gasteiger partial charge is 0.369 e. The molecule has 0 radical (unpaired) electrons. The molecule has 5 nitrogen and oxygen atoms in total. The van der Waals surface area contributed by atoms with E-state index in [1.54, 1.807) is 6.07 Å². The summed E-state index contributed by atoms with van der Waals surface area (Å²) in [6.07, 6.45) is 2.77. The summed E-state index contributed by atoms with van der Waals surface area (Å²) in [4.78, 5) is 14.5. The van der Waals surface area contributed by atoms with Crippen molar-refractivity contribution in [2.45, 2.75) is 12.7 Å². The van der Waals surface area contributed by atoms with Gasteiger partial charge in [0.05, 0.1) is 5.92 Å². The summed E-state index contributed by atoms with van der Waals surface area (Å²) >= 11 is 0. The van der Waals surface area contributed by atoms with Crippen LogP contribution in [0.1, 0.15) is 12.5 Å². The highest BCUT2D eigenvalue weighted by molar-refractivity contribution is 5.77. The predicted octanol–water partition coefficient (Wildman–Crippen LogP) is -0.660. The number of rotatable bonds is 3. The van der Waals surface area contributed by atoms with Gasteiger partial charge < -0.3 is 15.9 Å². The molecule has 0 aliphatic carbocycles. The maximum absolute atomic E-state index is 10.8.